The molecule has 1 fully saturated rings. The van der Waals surface area contributed by atoms with Crippen molar-refractivity contribution in [1.29, 1.82) is 0 Å². The number of methoxy groups -OCH3 is 1. The van der Waals surface area contributed by atoms with Crippen molar-refractivity contribution in [3.8, 4) is 0 Å². The molecule has 0 bridgehead atoms. The molecule has 0 aliphatic heterocycles. The number of nitrogens with one attached hydrogen (secondary N) is 1. The molecule has 0 amide bonds. The standard InChI is InChI=1S/C10H21NO2/c1-12-8-9-13-7-3-6-11-10-4-2-5-10/h10-11H,2-9H2,1H3. The summed E-state index contributed by atoms with van der Waals surface area (Å²) in [5.74, 6) is 0. The molecule has 0 atom stereocenters. The van der Waals surface area contributed by atoms with Crippen LogP contribution in [0.5, 0.6) is 0 Å². The SMILES string of the molecule is COCCOCCCNC1CCC1. The molecule has 1 aliphatic carbocycles. The van der Waals surface area contributed by atoms with E-state index in [9.17, 15) is 0 Å². The van der Waals surface area contributed by atoms with Crippen LogP contribution in [0.2, 0.25) is 0 Å². The summed E-state index contributed by atoms with van der Waals surface area (Å²) in [4.78, 5) is 0. The minimum Gasteiger partial charge on any atom is -0.382 e. The highest BCUT2D eigenvalue weighted by Crippen LogP contribution is 2.17. The van der Waals surface area contributed by atoms with Crippen molar-refractivity contribution >= 4 is 0 Å². The van der Waals surface area contributed by atoms with Crippen LogP contribution in [-0.4, -0.2) is 39.5 Å². The number of ether oxygens (including phenoxy) is 2. The van der Waals surface area contributed by atoms with E-state index in [1.807, 2.05) is 0 Å². The molecule has 1 rings (SSSR count). The van der Waals surface area contributed by atoms with Crippen LogP contribution >= 0.6 is 0 Å². The van der Waals surface area contributed by atoms with Gasteiger partial charge in [-0.2, -0.15) is 0 Å². The van der Waals surface area contributed by atoms with Gasteiger partial charge >= 0.3 is 0 Å². The molecule has 1 saturated carbocycles. The molecule has 78 valence electrons. The molecule has 1 N–H and O–H groups in total. The highest BCUT2D eigenvalue weighted by atomic mass is 16.5. The number of hydrogen-bond acceptors (Lipinski definition) is 3. The Kier molecular flexibility index (Phi) is 6.15. The molecule has 13 heavy (non-hydrogen) atoms. The molecule has 0 heterocycles. The molecular weight excluding hydrogens is 166 g/mol. The summed E-state index contributed by atoms with van der Waals surface area (Å²) in [7, 11) is 1.70. The summed E-state index contributed by atoms with van der Waals surface area (Å²) >= 11 is 0. The van der Waals surface area contributed by atoms with Gasteiger partial charge in [-0.05, 0) is 25.8 Å². The van der Waals surface area contributed by atoms with Gasteiger partial charge < -0.3 is 14.8 Å². The quantitative estimate of drug-likeness (QED) is 0.579. The molecular formula is C10H21NO2. The highest BCUT2D eigenvalue weighted by Gasteiger charge is 2.15. The molecule has 1 aliphatic rings. The Hall–Kier alpha value is -0.120. The van der Waals surface area contributed by atoms with E-state index in [-0.39, 0.29) is 0 Å². The number of rotatable bonds is 8. The van der Waals surface area contributed by atoms with E-state index < -0.39 is 0 Å². The average Bonchev–Trinajstić information content (AvgIpc) is 2.07. The lowest BCUT2D eigenvalue weighted by molar-refractivity contribution is 0.0689. The minimum atomic E-state index is 0.704. The summed E-state index contributed by atoms with van der Waals surface area (Å²) in [5, 5.41) is 3.50. The molecule has 0 aromatic heterocycles. The van der Waals surface area contributed by atoms with Gasteiger partial charge in [0, 0.05) is 19.8 Å². The Balaban J connectivity index is 1.68. The maximum absolute atomic E-state index is 5.34. The third-order valence-corrected chi connectivity index (χ3v) is 2.44. The minimum absolute atomic E-state index is 0.704. The fourth-order valence-electron chi connectivity index (χ4n) is 1.34. The second kappa shape index (κ2) is 7.30. The Morgan fingerprint density at radius 1 is 1.23 bits per heavy atom. The first-order valence-electron chi connectivity index (χ1n) is 5.23. The topological polar surface area (TPSA) is 30.5 Å². The zero-order valence-electron chi connectivity index (χ0n) is 8.55. The average molecular weight is 187 g/mol. The Morgan fingerprint density at radius 3 is 2.69 bits per heavy atom. The lowest BCUT2D eigenvalue weighted by Crippen LogP contribution is -2.35. The zero-order chi connectivity index (χ0) is 9.36. The normalized spacial score (nSPS) is 17.3. The van der Waals surface area contributed by atoms with Crippen molar-refractivity contribution in [1.82, 2.24) is 5.32 Å². The molecule has 0 aromatic rings. The second-order valence-corrected chi connectivity index (χ2v) is 3.54. The van der Waals surface area contributed by atoms with Crippen LogP contribution in [0, 0.1) is 0 Å². The van der Waals surface area contributed by atoms with E-state index in [1.54, 1.807) is 7.11 Å². The zero-order valence-corrected chi connectivity index (χ0v) is 8.55. The van der Waals surface area contributed by atoms with Gasteiger partial charge in [-0.15, -0.1) is 0 Å². The van der Waals surface area contributed by atoms with Gasteiger partial charge in [-0.1, -0.05) is 6.42 Å². The van der Waals surface area contributed by atoms with Crippen molar-refractivity contribution in [3.05, 3.63) is 0 Å². The van der Waals surface area contributed by atoms with E-state index in [1.165, 1.54) is 19.3 Å². The lowest BCUT2D eigenvalue weighted by Gasteiger charge is -2.26. The second-order valence-electron chi connectivity index (χ2n) is 3.54. The van der Waals surface area contributed by atoms with Gasteiger partial charge in [0.15, 0.2) is 0 Å². The molecule has 0 saturated heterocycles. The molecule has 0 spiro atoms. The van der Waals surface area contributed by atoms with E-state index in [2.05, 4.69) is 5.32 Å². The van der Waals surface area contributed by atoms with Gasteiger partial charge in [0.1, 0.15) is 0 Å². The fourth-order valence-corrected chi connectivity index (χ4v) is 1.34. The van der Waals surface area contributed by atoms with Crippen molar-refractivity contribution in [2.75, 3.05) is 33.5 Å². The van der Waals surface area contributed by atoms with Crippen LogP contribution in [0.1, 0.15) is 25.7 Å². The summed E-state index contributed by atoms with van der Waals surface area (Å²) < 4.78 is 10.2. The van der Waals surface area contributed by atoms with E-state index >= 15 is 0 Å². The van der Waals surface area contributed by atoms with Gasteiger partial charge in [0.05, 0.1) is 13.2 Å². The van der Waals surface area contributed by atoms with E-state index in [0.717, 1.165) is 32.2 Å². The van der Waals surface area contributed by atoms with Crippen LogP contribution in [0.3, 0.4) is 0 Å². The first-order valence-corrected chi connectivity index (χ1v) is 5.23. The van der Waals surface area contributed by atoms with Gasteiger partial charge in [0.2, 0.25) is 0 Å². The molecule has 3 nitrogen and oxygen atoms in total. The fraction of sp³-hybridized carbons (Fsp3) is 1.00. The van der Waals surface area contributed by atoms with Gasteiger partial charge in [-0.25, -0.2) is 0 Å². The number of hydrogen-bond donors (Lipinski definition) is 1. The first kappa shape index (κ1) is 11.0. The Bertz CT molecular complexity index is 115. The smallest absolute Gasteiger partial charge is 0.0700 e. The summed E-state index contributed by atoms with van der Waals surface area (Å²) in [5.41, 5.74) is 0. The predicted molar refractivity (Wildman–Crippen MR) is 53.0 cm³/mol. The summed E-state index contributed by atoms with van der Waals surface area (Å²) in [6.07, 6.45) is 5.25. The largest absolute Gasteiger partial charge is 0.382 e. The first-order chi connectivity index (χ1) is 6.43. The van der Waals surface area contributed by atoms with Crippen molar-refractivity contribution in [3.63, 3.8) is 0 Å². The van der Waals surface area contributed by atoms with Crippen molar-refractivity contribution < 1.29 is 9.47 Å². The lowest BCUT2D eigenvalue weighted by atomic mass is 9.93. The molecule has 3 heteroatoms. The van der Waals surface area contributed by atoms with Crippen molar-refractivity contribution in [2.24, 2.45) is 0 Å². The van der Waals surface area contributed by atoms with Crippen LogP contribution in [0.15, 0.2) is 0 Å². The van der Waals surface area contributed by atoms with Crippen LogP contribution in [-0.2, 0) is 9.47 Å². The summed E-state index contributed by atoms with van der Waals surface area (Å²) in [6, 6.07) is 0.805. The monoisotopic (exact) mass is 187 g/mol. The molecule has 0 radical (unpaired) electrons. The van der Waals surface area contributed by atoms with Gasteiger partial charge in [-0.3, -0.25) is 0 Å². The molecule has 0 aromatic carbocycles. The molecule has 0 unspecified atom stereocenters. The summed E-state index contributed by atoms with van der Waals surface area (Å²) in [6.45, 7) is 3.37. The third kappa shape index (κ3) is 5.24. The Morgan fingerprint density at radius 2 is 2.08 bits per heavy atom. The van der Waals surface area contributed by atoms with Gasteiger partial charge in [0.25, 0.3) is 0 Å². The third-order valence-electron chi connectivity index (χ3n) is 2.44. The Labute approximate surface area is 80.8 Å². The van der Waals surface area contributed by atoms with E-state index in [4.69, 9.17) is 9.47 Å². The van der Waals surface area contributed by atoms with Crippen LogP contribution in [0.25, 0.3) is 0 Å². The van der Waals surface area contributed by atoms with Crippen LogP contribution in [0.4, 0.5) is 0 Å². The highest BCUT2D eigenvalue weighted by molar-refractivity contribution is 4.75. The maximum atomic E-state index is 5.34. The maximum Gasteiger partial charge on any atom is 0.0700 e. The van der Waals surface area contributed by atoms with Crippen molar-refractivity contribution in [2.45, 2.75) is 31.7 Å². The van der Waals surface area contributed by atoms with E-state index in [0.29, 0.717) is 6.61 Å². The van der Waals surface area contributed by atoms with Crippen LogP contribution < -0.4 is 5.32 Å². The predicted octanol–water partition coefficient (Wildman–Crippen LogP) is 1.18.